The Labute approximate surface area is 111 Å². The summed E-state index contributed by atoms with van der Waals surface area (Å²) in [6.45, 7) is 0.786. The molecule has 0 aliphatic rings. The maximum atomic E-state index is 11.4. The van der Waals surface area contributed by atoms with Gasteiger partial charge in [-0.05, 0) is 0 Å². The fourth-order valence-corrected chi connectivity index (χ4v) is 1.65. The number of rotatable bonds is 5. The van der Waals surface area contributed by atoms with Gasteiger partial charge in [-0.3, -0.25) is 4.79 Å². The molecule has 2 N–H and O–H groups in total. The summed E-state index contributed by atoms with van der Waals surface area (Å²) in [6, 6.07) is 9.82. The lowest BCUT2D eigenvalue weighted by Gasteiger charge is -2.10. The van der Waals surface area contributed by atoms with Crippen LogP contribution in [0.1, 0.15) is 5.69 Å². The molecule has 19 heavy (non-hydrogen) atoms. The van der Waals surface area contributed by atoms with Crippen molar-refractivity contribution in [1.29, 1.82) is 0 Å². The quantitative estimate of drug-likeness (QED) is 0.827. The van der Waals surface area contributed by atoms with Crippen LogP contribution in [0.2, 0.25) is 0 Å². The maximum absolute atomic E-state index is 11.4. The molecule has 0 saturated heterocycles. The zero-order chi connectivity index (χ0) is 13.7. The minimum absolute atomic E-state index is 0.0322. The topological polar surface area (TPSA) is 73.9 Å². The summed E-state index contributed by atoms with van der Waals surface area (Å²) in [4.78, 5) is 13.0. The van der Waals surface area contributed by atoms with E-state index in [1.54, 1.807) is 19.0 Å². The number of H-pyrrole nitrogens is 1. The summed E-state index contributed by atoms with van der Waals surface area (Å²) in [6.07, 6.45) is 0. The molecular weight excluding hydrogens is 242 g/mol. The van der Waals surface area contributed by atoms with E-state index in [0.29, 0.717) is 6.54 Å². The Morgan fingerprint density at radius 2 is 2.00 bits per heavy atom. The predicted molar refractivity (Wildman–Crippen MR) is 72.2 cm³/mol. The van der Waals surface area contributed by atoms with Crippen molar-refractivity contribution < 1.29 is 4.79 Å². The van der Waals surface area contributed by atoms with Gasteiger partial charge in [0.2, 0.25) is 5.91 Å². The van der Waals surface area contributed by atoms with Crippen LogP contribution in [0.3, 0.4) is 0 Å². The first-order valence-corrected chi connectivity index (χ1v) is 6.04. The molecule has 0 aliphatic carbocycles. The highest BCUT2D eigenvalue weighted by Crippen LogP contribution is 2.18. The highest BCUT2D eigenvalue weighted by atomic mass is 16.2. The zero-order valence-electron chi connectivity index (χ0n) is 11.1. The molecule has 0 bridgehead atoms. The molecule has 6 heteroatoms. The smallest absolute Gasteiger partial charge is 0.236 e. The SMILES string of the molecule is CN(C)C(=O)CNCc1n[nH]nc1-c1ccccc1. The Kier molecular flexibility index (Phi) is 4.25. The van der Waals surface area contributed by atoms with Crippen molar-refractivity contribution >= 4 is 5.91 Å². The molecule has 0 fully saturated rings. The van der Waals surface area contributed by atoms with Gasteiger partial charge in [-0.2, -0.15) is 15.4 Å². The molecule has 1 aromatic heterocycles. The number of amides is 1. The third-order valence-electron chi connectivity index (χ3n) is 2.73. The first-order chi connectivity index (χ1) is 9.18. The van der Waals surface area contributed by atoms with E-state index in [4.69, 9.17) is 0 Å². The van der Waals surface area contributed by atoms with Crippen LogP contribution in [-0.2, 0) is 11.3 Å². The second-order valence-electron chi connectivity index (χ2n) is 4.38. The molecule has 2 rings (SSSR count). The van der Waals surface area contributed by atoms with Crippen LogP contribution >= 0.6 is 0 Å². The lowest BCUT2D eigenvalue weighted by atomic mass is 10.1. The van der Waals surface area contributed by atoms with Crippen molar-refractivity contribution in [3.05, 3.63) is 36.0 Å². The first kappa shape index (κ1) is 13.2. The Morgan fingerprint density at radius 1 is 1.26 bits per heavy atom. The number of aromatic amines is 1. The Balaban J connectivity index is 1.99. The highest BCUT2D eigenvalue weighted by Gasteiger charge is 2.10. The monoisotopic (exact) mass is 259 g/mol. The summed E-state index contributed by atoms with van der Waals surface area (Å²) < 4.78 is 0. The summed E-state index contributed by atoms with van der Waals surface area (Å²) in [5.41, 5.74) is 2.62. The van der Waals surface area contributed by atoms with E-state index < -0.39 is 0 Å². The average molecular weight is 259 g/mol. The third-order valence-corrected chi connectivity index (χ3v) is 2.73. The van der Waals surface area contributed by atoms with Crippen molar-refractivity contribution in [1.82, 2.24) is 25.6 Å². The number of carbonyl (C=O) groups is 1. The average Bonchev–Trinajstić information content (AvgIpc) is 2.88. The van der Waals surface area contributed by atoms with Gasteiger partial charge in [0, 0.05) is 26.2 Å². The van der Waals surface area contributed by atoms with Crippen molar-refractivity contribution in [3.63, 3.8) is 0 Å². The van der Waals surface area contributed by atoms with Crippen LogP contribution < -0.4 is 5.32 Å². The number of hydrogen-bond donors (Lipinski definition) is 2. The second kappa shape index (κ2) is 6.10. The van der Waals surface area contributed by atoms with E-state index in [2.05, 4.69) is 20.7 Å². The molecule has 0 unspecified atom stereocenters. The lowest BCUT2D eigenvalue weighted by Crippen LogP contribution is -2.32. The maximum Gasteiger partial charge on any atom is 0.236 e. The van der Waals surface area contributed by atoms with E-state index in [9.17, 15) is 4.79 Å². The van der Waals surface area contributed by atoms with Gasteiger partial charge in [-0.15, -0.1) is 0 Å². The van der Waals surface area contributed by atoms with Gasteiger partial charge in [-0.25, -0.2) is 0 Å². The van der Waals surface area contributed by atoms with Crippen molar-refractivity contribution in [2.45, 2.75) is 6.54 Å². The zero-order valence-corrected chi connectivity index (χ0v) is 11.1. The number of nitrogens with one attached hydrogen (secondary N) is 2. The van der Waals surface area contributed by atoms with E-state index >= 15 is 0 Å². The minimum atomic E-state index is 0.0322. The van der Waals surface area contributed by atoms with Crippen molar-refractivity contribution in [2.24, 2.45) is 0 Å². The number of benzene rings is 1. The Morgan fingerprint density at radius 3 is 2.68 bits per heavy atom. The van der Waals surface area contributed by atoms with Gasteiger partial charge < -0.3 is 10.2 Å². The lowest BCUT2D eigenvalue weighted by molar-refractivity contribution is -0.127. The molecule has 1 aromatic carbocycles. The van der Waals surface area contributed by atoms with Crippen LogP contribution in [0.25, 0.3) is 11.3 Å². The Hall–Kier alpha value is -2.21. The molecule has 2 aromatic rings. The summed E-state index contributed by atoms with van der Waals surface area (Å²) in [7, 11) is 3.46. The molecule has 1 heterocycles. The fraction of sp³-hybridized carbons (Fsp3) is 0.308. The molecule has 0 spiro atoms. The number of aromatic nitrogens is 3. The number of nitrogens with zero attached hydrogens (tertiary/aromatic N) is 3. The molecule has 0 aliphatic heterocycles. The standard InChI is InChI=1S/C13H17N5O/c1-18(2)12(19)9-14-8-11-13(16-17-15-11)10-6-4-3-5-7-10/h3-7,14H,8-9H2,1-2H3,(H,15,16,17). The van der Waals surface area contributed by atoms with Crippen LogP contribution in [0, 0.1) is 0 Å². The first-order valence-electron chi connectivity index (χ1n) is 6.04. The van der Waals surface area contributed by atoms with Crippen LogP contribution in [0.15, 0.2) is 30.3 Å². The van der Waals surface area contributed by atoms with E-state index in [1.807, 2.05) is 30.3 Å². The predicted octanol–water partition coefficient (Wildman–Crippen LogP) is 0.649. The van der Waals surface area contributed by atoms with Gasteiger partial charge in [0.25, 0.3) is 0 Å². The number of carbonyl (C=O) groups excluding carboxylic acids is 1. The van der Waals surface area contributed by atoms with E-state index in [1.165, 1.54) is 0 Å². The van der Waals surface area contributed by atoms with Crippen LogP contribution in [0.4, 0.5) is 0 Å². The van der Waals surface area contributed by atoms with Crippen molar-refractivity contribution in [3.8, 4) is 11.3 Å². The van der Waals surface area contributed by atoms with Crippen LogP contribution in [-0.4, -0.2) is 46.9 Å². The van der Waals surface area contributed by atoms with Crippen molar-refractivity contribution in [2.75, 3.05) is 20.6 Å². The van der Waals surface area contributed by atoms with Gasteiger partial charge in [-0.1, -0.05) is 30.3 Å². The number of likely N-dealkylation sites (N-methyl/N-ethyl adjacent to an activating group) is 1. The minimum Gasteiger partial charge on any atom is -0.348 e. The highest BCUT2D eigenvalue weighted by molar-refractivity contribution is 5.77. The van der Waals surface area contributed by atoms with Gasteiger partial charge >= 0.3 is 0 Å². The molecule has 0 saturated carbocycles. The van der Waals surface area contributed by atoms with Gasteiger partial charge in [0.1, 0.15) is 11.4 Å². The molecule has 0 radical (unpaired) electrons. The third kappa shape index (κ3) is 3.38. The summed E-state index contributed by atoms with van der Waals surface area (Å²) in [5, 5.41) is 13.9. The summed E-state index contributed by atoms with van der Waals surface area (Å²) in [5.74, 6) is 0.0322. The Bertz CT molecular complexity index is 535. The molecule has 100 valence electrons. The van der Waals surface area contributed by atoms with Crippen LogP contribution in [0.5, 0.6) is 0 Å². The largest absolute Gasteiger partial charge is 0.348 e. The number of hydrogen-bond acceptors (Lipinski definition) is 4. The molecular formula is C13H17N5O. The van der Waals surface area contributed by atoms with E-state index in [0.717, 1.165) is 17.0 Å². The fourth-order valence-electron chi connectivity index (χ4n) is 1.65. The molecule has 6 nitrogen and oxygen atoms in total. The van der Waals surface area contributed by atoms with Gasteiger partial charge in [0.15, 0.2) is 0 Å². The van der Waals surface area contributed by atoms with E-state index in [-0.39, 0.29) is 12.5 Å². The van der Waals surface area contributed by atoms with Gasteiger partial charge in [0.05, 0.1) is 6.54 Å². The molecule has 0 atom stereocenters. The summed E-state index contributed by atoms with van der Waals surface area (Å²) >= 11 is 0. The second-order valence-corrected chi connectivity index (χ2v) is 4.38. The molecule has 1 amide bonds. The normalized spacial score (nSPS) is 10.4.